The minimum absolute atomic E-state index is 0.00766. The SMILES string of the molecule is N[C@H]1CCCCC1Nc1nc2c(c(Nc3cccc(C(F)(F)F)c3)n1)C(=O)NC2. The molecule has 2 aliphatic rings. The van der Waals surface area contributed by atoms with Gasteiger partial charge in [-0.25, -0.2) is 4.98 Å². The second-order valence-electron chi connectivity index (χ2n) is 7.30. The van der Waals surface area contributed by atoms with Crippen molar-refractivity contribution in [3.63, 3.8) is 0 Å². The highest BCUT2D eigenvalue weighted by Crippen LogP contribution is 2.32. The van der Waals surface area contributed by atoms with Crippen LogP contribution in [-0.4, -0.2) is 28.0 Å². The Morgan fingerprint density at radius 1 is 1.17 bits per heavy atom. The van der Waals surface area contributed by atoms with Crippen LogP contribution >= 0.6 is 0 Å². The summed E-state index contributed by atoms with van der Waals surface area (Å²) in [6.45, 7) is 0.235. The number of carbonyl (C=O) groups excluding carboxylic acids is 1. The molecule has 2 heterocycles. The summed E-state index contributed by atoms with van der Waals surface area (Å²) in [5.74, 6) is 0.101. The number of nitrogens with zero attached hydrogens (tertiary/aromatic N) is 2. The molecule has 1 aliphatic carbocycles. The van der Waals surface area contributed by atoms with Gasteiger partial charge in [0.25, 0.3) is 5.91 Å². The van der Waals surface area contributed by atoms with Crippen molar-refractivity contribution in [3.05, 3.63) is 41.1 Å². The summed E-state index contributed by atoms with van der Waals surface area (Å²) >= 11 is 0. The van der Waals surface area contributed by atoms with Crippen LogP contribution < -0.4 is 21.7 Å². The Morgan fingerprint density at radius 3 is 2.72 bits per heavy atom. The first-order valence-corrected chi connectivity index (χ1v) is 9.47. The Kier molecular flexibility index (Phi) is 5.03. The van der Waals surface area contributed by atoms with E-state index in [0.717, 1.165) is 37.8 Å². The first kappa shape index (κ1) is 19.4. The van der Waals surface area contributed by atoms with Crippen LogP contribution in [0.25, 0.3) is 0 Å². The van der Waals surface area contributed by atoms with Gasteiger partial charge >= 0.3 is 6.18 Å². The van der Waals surface area contributed by atoms with E-state index in [1.54, 1.807) is 0 Å². The number of fused-ring (bicyclic) bond motifs is 1. The topological polar surface area (TPSA) is 105 Å². The lowest BCUT2D eigenvalue weighted by Crippen LogP contribution is -2.43. The number of carbonyl (C=O) groups is 1. The molecule has 1 fully saturated rings. The average molecular weight is 406 g/mol. The number of aromatic nitrogens is 2. The normalized spacial score (nSPS) is 21.4. The predicted octanol–water partition coefficient (Wildman–Crippen LogP) is 3.16. The molecule has 29 heavy (non-hydrogen) atoms. The third-order valence-electron chi connectivity index (χ3n) is 5.21. The summed E-state index contributed by atoms with van der Waals surface area (Å²) < 4.78 is 39.0. The van der Waals surface area contributed by atoms with E-state index < -0.39 is 11.7 Å². The van der Waals surface area contributed by atoms with Crippen LogP contribution in [0.4, 0.5) is 30.6 Å². The van der Waals surface area contributed by atoms with E-state index in [4.69, 9.17) is 5.73 Å². The van der Waals surface area contributed by atoms with Gasteiger partial charge in [0, 0.05) is 17.8 Å². The zero-order valence-electron chi connectivity index (χ0n) is 15.5. The van der Waals surface area contributed by atoms with Crippen LogP contribution in [-0.2, 0) is 12.7 Å². The number of anilines is 3. The van der Waals surface area contributed by atoms with E-state index in [2.05, 4.69) is 25.9 Å². The van der Waals surface area contributed by atoms with Crippen LogP contribution in [0.1, 0.15) is 47.3 Å². The maximum absolute atomic E-state index is 13.0. The van der Waals surface area contributed by atoms with E-state index in [-0.39, 0.29) is 41.6 Å². The van der Waals surface area contributed by atoms with Crippen molar-refractivity contribution in [3.8, 4) is 0 Å². The Balaban J connectivity index is 1.65. The lowest BCUT2D eigenvalue weighted by Gasteiger charge is -2.29. The third-order valence-corrected chi connectivity index (χ3v) is 5.21. The standard InChI is InChI=1S/C19H21F3N6O/c20-19(21,22)10-4-3-5-11(8-10)25-16-15-14(9-24-17(15)29)27-18(28-16)26-13-7-2-1-6-12(13)23/h3-5,8,12-13H,1-2,6-7,9,23H2,(H,24,29)(H2,25,26,27,28)/t12-,13?/m0/s1. The van der Waals surface area contributed by atoms with E-state index in [1.165, 1.54) is 12.1 Å². The summed E-state index contributed by atoms with van der Waals surface area (Å²) in [6.07, 6.45) is -0.559. The Bertz CT molecular complexity index is 933. The molecule has 0 spiro atoms. The summed E-state index contributed by atoms with van der Waals surface area (Å²) in [7, 11) is 0. The molecule has 4 rings (SSSR count). The number of alkyl halides is 3. The summed E-state index contributed by atoms with van der Waals surface area (Å²) in [4.78, 5) is 21.0. The quantitative estimate of drug-likeness (QED) is 0.622. The van der Waals surface area contributed by atoms with Gasteiger partial charge in [0.05, 0.1) is 17.8 Å². The Labute approximate surface area is 165 Å². The molecule has 2 atom stereocenters. The van der Waals surface area contributed by atoms with Crippen molar-refractivity contribution in [1.82, 2.24) is 15.3 Å². The summed E-state index contributed by atoms with van der Waals surface area (Å²) in [6, 6.07) is 4.73. The van der Waals surface area contributed by atoms with Crippen molar-refractivity contribution >= 4 is 23.4 Å². The number of amides is 1. The fourth-order valence-electron chi connectivity index (χ4n) is 3.70. The molecule has 2 aromatic rings. The fraction of sp³-hybridized carbons (Fsp3) is 0.421. The van der Waals surface area contributed by atoms with Gasteiger partial charge < -0.3 is 21.7 Å². The van der Waals surface area contributed by atoms with Crippen LogP contribution in [0.2, 0.25) is 0 Å². The second-order valence-corrected chi connectivity index (χ2v) is 7.30. The van der Waals surface area contributed by atoms with Gasteiger partial charge in [0.15, 0.2) is 0 Å². The lowest BCUT2D eigenvalue weighted by molar-refractivity contribution is -0.137. The van der Waals surface area contributed by atoms with Crippen LogP contribution in [0.3, 0.4) is 0 Å². The summed E-state index contributed by atoms with van der Waals surface area (Å²) in [5.41, 5.74) is 6.30. The first-order chi connectivity index (χ1) is 13.8. The number of rotatable bonds is 4. The highest BCUT2D eigenvalue weighted by molar-refractivity contribution is 6.02. The van der Waals surface area contributed by atoms with Gasteiger partial charge in [0.1, 0.15) is 11.4 Å². The smallest absolute Gasteiger partial charge is 0.350 e. The molecule has 10 heteroatoms. The van der Waals surface area contributed by atoms with Crippen molar-refractivity contribution in [2.45, 2.75) is 50.5 Å². The molecule has 1 saturated carbocycles. The van der Waals surface area contributed by atoms with Crippen molar-refractivity contribution in [1.29, 1.82) is 0 Å². The van der Waals surface area contributed by atoms with Crippen LogP contribution in [0.15, 0.2) is 24.3 Å². The molecule has 1 amide bonds. The molecular weight excluding hydrogens is 385 g/mol. The molecule has 154 valence electrons. The van der Waals surface area contributed by atoms with E-state index in [9.17, 15) is 18.0 Å². The Morgan fingerprint density at radius 2 is 1.97 bits per heavy atom. The number of nitrogens with one attached hydrogen (secondary N) is 3. The largest absolute Gasteiger partial charge is 0.416 e. The number of hydrogen-bond donors (Lipinski definition) is 4. The van der Waals surface area contributed by atoms with Crippen LogP contribution in [0.5, 0.6) is 0 Å². The minimum Gasteiger partial charge on any atom is -0.350 e. The summed E-state index contributed by atoms with van der Waals surface area (Å²) in [5, 5.41) is 8.76. The van der Waals surface area contributed by atoms with Gasteiger partial charge in [-0.1, -0.05) is 18.9 Å². The monoisotopic (exact) mass is 406 g/mol. The molecule has 0 bridgehead atoms. The van der Waals surface area contributed by atoms with Crippen molar-refractivity contribution in [2.24, 2.45) is 5.73 Å². The maximum atomic E-state index is 13.0. The highest BCUT2D eigenvalue weighted by Gasteiger charge is 2.31. The minimum atomic E-state index is -4.47. The molecule has 5 N–H and O–H groups in total. The maximum Gasteiger partial charge on any atom is 0.416 e. The molecule has 0 saturated heterocycles. The van der Waals surface area contributed by atoms with Gasteiger partial charge in [-0.15, -0.1) is 0 Å². The number of hydrogen-bond acceptors (Lipinski definition) is 6. The molecule has 1 aliphatic heterocycles. The number of halogens is 3. The molecule has 1 aromatic carbocycles. The van der Waals surface area contributed by atoms with Gasteiger partial charge in [-0.2, -0.15) is 18.2 Å². The highest BCUT2D eigenvalue weighted by atomic mass is 19.4. The van der Waals surface area contributed by atoms with Crippen molar-refractivity contribution < 1.29 is 18.0 Å². The first-order valence-electron chi connectivity index (χ1n) is 9.47. The zero-order chi connectivity index (χ0) is 20.6. The molecule has 1 unspecified atom stereocenters. The van der Waals surface area contributed by atoms with Gasteiger partial charge in [-0.05, 0) is 31.0 Å². The average Bonchev–Trinajstić information content (AvgIpc) is 3.04. The second kappa shape index (κ2) is 7.51. The Hall–Kier alpha value is -2.88. The van der Waals surface area contributed by atoms with E-state index >= 15 is 0 Å². The number of nitrogens with two attached hydrogens (primary N) is 1. The lowest BCUT2D eigenvalue weighted by atomic mass is 9.91. The van der Waals surface area contributed by atoms with E-state index in [0.29, 0.717) is 11.6 Å². The van der Waals surface area contributed by atoms with Crippen molar-refractivity contribution in [2.75, 3.05) is 10.6 Å². The molecular formula is C19H21F3N6O. The van der Waals surface area contributed by atoms with E-state index in [1.807, 2.05) is 0 Å². The molecule has 0 radical (unpaired) electrons. The zero-order valence-corrected chi connectivity index (χ0v) is 15.5. The van der Waals surface area contributed by atoms with Gasteiger partial charge in [-0.3, -0.25) is 4.79 Å². The molecule has 7 nitrogen and oxygen atoms in total. The van der Waals surface area contributed by atoms with Crippen LogP contribution in [0, 0.1) is 0 Å². The van der Waals surface area contributed by atoms with Gasteiger partial charge in [0.2, 0.25) is 5.95 Å². The fourth-order valence-corrected chi connectivity index (χ4v) is 3.70. The number of benzene rings is 1. The molecule has 1 aromatic heterocycles. The predicted molar refractivity (Wildman–Crippen MR) is 102 cm³/mol. The third kappa shape index (κ3) is 4.12.